The van der Waals surface area contributed by atoms with Crippen molar-refractivity contribution in [1.29, 1.82) is 0 Å². The second-order valence-corrected chi connectivity index (χ2v) is 5.52. The van der Waals surface area contributed by atoms with Gasteiger partial charge < -0.3 is 14.2 Å². The summed E-state index contributed by atoms with van der Waals surface area (Å²) in [5.41, 5.74) is 1.03. The molecule has 0 saturated carbocycles. The smallest absolute Gasteiger partial charge is 0.191 e. The molecule has 0 aromatic rings. The van der Waals surface area contributed by atoms with E-state index in [0.717, 1.165) is 12.2 Å². The van der Waals surface area contributed by atoms with Gasteiger partial charge in [-0.25, -0.2) is 0 Å². The van der Waals surface area contributed by atoms with Gasteiger partial charge in [0.05, 0.1) is 6.61 Å². The van der Waals surface area contributed by atoms with Gasteiger partial charge in [0.15, 0.2) is 12.6 Å². The summed E-state index contributed by atoms with van der Waals surface area (Å²) in [5, 5.41) is 0. The first kappa shape index (κ1) is 13.1. The molecular weight excluding hydrogens is 216 g/mol. The lowest BCUT2D eigenvalue weighted by atomic mass is 9.80. The van der Waals surface area contributed by atoms with Gasteiger partial charge in [-0.2, -0.15) is 0 Å². The Bertz CT molecular complexity index is 289. The maximum Gasteiger partial charge on any atom is 0.191 e. The molecule has 2 heterocycles. The molecule has 0 N–H and O–H groups in total. The Kier molecular flexibility index (Phi) is 3.91. The second kappa shape index (κ2) is 5.09. The molecule has 0 aliphatic carbocycles. The Morgan fingerprint density at radius 1 is 1.41 bits per heavy atom. The van der Waals surface area contributed by atoms with Crippen LogP contribution in [0.1, 0.15) is 34.1 Å². The van der Waals surface area contributed by atoms with Crippen LogP contribution in [0.5, 0.6) is 0 Å². The van der Waals surface area contributed by atoms with Crippen molar-refractivity contribution in [3.8, 4) is 0 Å². The summed E-state index contributed by atoms with van der Waals surface area (Å²) in [6.07, 6.45) is 1.09. The lowest BCUT2D eigenvalue weighted by Crippen LogP contribution is -2.47. The SMILES string of the molecule is C=C(C)C1OC1OC1OCC1C(C)C(C)CC. The Balaban J connectivity index is 1.78. The highest BCUT2D eigenvalue weighted by Crippen LogP contribution is 2.38. The Morgan fingerprint density at radius 2 is 2.12 bits per heavy atom. The summed E-state index contributed by atoms with van der Waals surface area (Å²) in [7, 11) is 0. The number of ether oxygens (including phenoxy) is 3. The first-order chi connectivity index (χ1) is 8.04. The normalized spacial score (nSPS) is 39.3. The zero-order valence-corrected chi connectivity index (χ0v) is 11.3. The van der Waals surface area contributed by atoms with Gasteiger partial charge in [-0.15, -0.1) is 0 Å². The molecule has 0 radical (unpaired) electrons. The molecule has 2 fully saturated rings. The summed E-state index contributed by atoms with van der Waals surface area (Å²) in [6.45, 7) is 13.5. The molecule has 2 aliphatic heterocycles. The monoisotopic (exact) mass is 240 g/mol. The van der Waals surface area contributed by atoms with E-state index in [9.17, 15) is 0 Å². The van der Waals surface area contributed by atoms with Crippen LogP contribution in [0, 0.1) is 17.8 Å². The van der Waals surface area contributed by atoms with E-state index in [4.69, 9.17) is 14.2 Å². The minimum Gasteiger partial charge on any atom is -0.352 e. The highest BCUT2D eigenvalue weighted by atomic mass is 16.8. The molecule has 17 heavy (non-hydrogen) atoms. The van der Waals surface area contributed by atoms with Crippen LogP contribution in [0.15, 0.2) is 12.2 Å². The van der Waals surface area contributed by atoms with E-state index in [2.05, 4.69) is 27.4 Å². The summed E-state index contributed by atoms with van der Waals surface area (Å²) in [6, 6.07) is 0. The lowest BCUT2D eigenvalue weighted by Gasteiger charge is -2.41. The van der Waals surface area contributed by atoms with Crippen LogP contribution in [0.4, 0.5) is 0 Å². The number of epoxide rings is 1. The van der Waals surface area contributed by atoms with Crippen LogP contribution in [-0.2, 0) is 14.2 Å². The molecule has 6 unspecified atom stereocenters. The maximum atomic E-state index is 5.79. The lowest BCUT2D eigenvalue weighted by molar-refractivity contribution is -0.287. The minimum absolute atomic E-state index is 0.0756. The molecule has 2 aliphatic rings. The summed E-state index contributed by atoms with van der Waals surface area (Å²) in [4.78, 5) is 0. The molecular formula is C14H24O3. The number of hydrogen-bond donors (Lipinski definition) is 0. The van der Waals surface area contributed by atoms with E-state index in [1.54, 1.807) is 0 Å². The van der Waals surface area contributed by atoms with Gasteiger partial charge in [0, 0.05) is 5.92 Å². The molecule has 3 heteroatoms. The summed E-state index contributed by atoms with van der Waals surface area (Å²) in [5.74, 6) is 1.87. The van der Waals surface area contributed by atoms with Gasteiger partial charge in [-0.05, 0) is 24.3 Å². The highest BCUT2D eigenvalue weighted by Gasteiger charge is 2.47. The van der Waals surface area contributed by atoms with E-state index in [-0.39, 0.29) is 18.7 Å². The van der Waals surface area contributed by atoms with Crippen molar-refractivity contribution in [1.82, 2.24) is 0 Å². The van der Waals surface area contributed by atoms with E-state index in [0.29, 0.717) is 17.8 Å². The van der Waals surface area contributed by atoms with Gasteiger partial charge in [0.1, 0.15) is 6.10 Å². The van der Waals surface area contributed by atoms with E-state index in [1.165, 1.54) is 6.42 Å². The quantitative estimate of drug-likeness (QED) is 0.528. The molecule has 3 nitrogen and oxygen atoms in total. The van der Waals surface area contributed by atoms with Crippen LogP contribution in [0.25, 0.3) is 0 Å². The Morgan fingerprint density at radius 3 is 2.53 bits per heavy atom. The van der Waals surface area contributed by atoms with Crippen molar-refractivity contribution in [3.05, 3.63) is 12.2 Å². The Labute approximate surface area is 104 Å². The van der Waals surface area contributed by atoms with Crippen LogP contribution >= 0.6 is 0 Å². The Hall–Kier alpha value is -0.380. The van der Waals surface area contributed by atoms with Gasteiger partial charge in [-0.1, -0.05) is 33.8 Å². The molecule has 0 aromatic heterocycles. The van der Waals surface area contributed by atoms with Gasteiger partial charge >= 0.3 is 0 Å². The topological polar surface area (TPSA) is 31.0 Å². The summed E-state index contributed by atoms with van der Waals surface area (Å²) >= 11 is 0. The average molecular weight is 240 g/mol. The van der Waals surface area contributed by atoms with E-state index in [1.807, 2.05) is 6.92 Å². The first-order valence-corrected chi connectivity index (χ1v) is 6.62. The minimum atomic E-state index is -0.121. The first-order valence-electron chi connectivity index (χ1n) is 6.62. The average Bonchev–Trinajstić information content (AvgIpc) is 3.02. The summed E-state index contributed by atoms with van der Waals surface area (Å²) < 4.78 is 16.7. The van der Waals surface area contributed by atoms with Crippen LogP contribution in [-0.4, -0.2) is 25.3 Å². The fourth-order valence-electron chi connectivity index (χ4n) is 2.30. The fourth-order valence-corrected chi connectivity index (χ4v) is 2.30. The molecule has 2 rings (SSSR count). The molecule has 0 aromatic carbocycles. The van der Waals surface area contributed by atoms with E-state index >= 15 is 0 Å². The van der Waals surface area contributed by atoms with Crippen molar-refractivity contribution in [2.24, 2.45) is 17.8 Å². The standard InChI is InChI=1S/C14H24O3/c1-6-9(4)10(5)11-7-15-13(11)17-14-12(16-14)8(2)3/h9-14H,2,6-7H2,1,3-5H3. The van der Waals surface area contributed by atoms with Crippen molar-refractivity contribution >= 4 is 0 Å². The highest BCUT2D eigenvalue weighted by molar-refractivity contribution is 5.07. The van der Waals surface area contributed by atoms with Crippen molar-refractivity contribution in [2.75, 3.05) is 6.61 Å². The number of hydrogen-bond acceptors (Lipinski definition) is 3. The predicted molar refractivity (Wildman–Crippen MR) is 66.4 cm³/mol. The zero-order valence-electron chi connectivity index (χ0n) is 11.3. The third kappa shape index (κ3) is 2.72. The van der Waals surface area contributed by atoms with Gasteiger partial charge in [0.2, 0.25) is 0 Å². The third-order valence-electron chi connectivity index (χ3n) is 4.22. The molecule has 98 valence electrons. The van der Waals surface area contributed by atoms with Crippen LogP contribution < -0.4 is 0 Å². The van der Waals surface area contributed by atoms with Gasteiger partial charge in [-0.3, -0.25) is 0 Å². The van der Waals surface area contributed by atoms with Crippen molar-refractivity contribution in [2.45, 2.75) is 52.8 Å². The number of rotatable bonds is 6. The van der Waals surface area contributed by atoms with Crippen molar-refractivity contribution in [3.63, 3.8) is 0 Å². The largest absolute Gasteiger partial charge is 0.352 e. The molecule has 0 bridgehead atoms. The third-order valence-corrected chi connectivity index (χ3v) is 4.22. The van der Waals surface area contributed by atoms with Gasteiger partial charge in [0.25, 0.3) is 0 Å². The van der Waals surface area contributed by atoms with Crippen LogP contribution in [0.3, 0.4) is 0 Å². The zero-order chi connectivity index (χ0) is 12.6. The molecule has 2 saturated heterocycles. The molecule has 6 atom stereocenters. The second-order valence-electron chi connectivity index (χ2n) is 5.52. The predicted octanol–water partition coefficient (Wildman–Crippen LogP) is 2.96. The van der Waals surface area contributed by atoms with Crippen LogP contribution in [0.2, 0.25) is 0 Å². The maximum absolute atomic E-state index is 5.79. The molecule has 0 spiro atoms. The fraction of sp³-hybridized carbons (Fsp3) is 0.857. The molecule has 0 amide bonds. The van der Waals surface area contributed by atoms with Crippen molar-refractivity contribution < 1.29 is 14.2 Å². The van der Waals surface area contributed by atoms with E-state index < -0.39 is 0 Å².